The van der Waals surface area contributed by atoms with Crippen molar-refractivity contribution in [3.63, 3.8) is 0 Å². The Morgan fingerprint density at radius 1 is 1.12 bits per heavy atom. The van der Waals surface area contributed by atoms with E-state index in [9.17, 15) is 4.79 Å². The summed E-state index contributed by atoms with van der Waals surface area (Å²) in [5.74, 6) is 1.07. The Hall–Kier alpha value is -2.33. The smallest absolute Gasteiger partial charge is 0.246 e. The van der Waals surface area contributed by atoms with Crippen LogP contribution < -0.4 is 4.90 Å². The van der Waals surface area contributed by atoms with Gasteiger partial charge in [0, 0.05) is 64.6 Å². The Morgan fingerprint density at radius 3 is 2.50 bits per heavy atom. The fourth-order valence-corrected chi connectivity index (χ4v) is 3.83. The number of morpholine rings is 1. The third-order valence-electron chi connectivity index (χ3n) is 5.59. The van der Waals surface area contributed by atoms with E-state index in [0.29, 0.717) is 5.69 Å². The predicted molar refractivity (Wildman–Crippen MR) is 131 cm³/mol. The number of hydrogen-bond acceptors (Lipinski definition) is 5. The first-order valence-electron chi connectivity index (χ1n) is 11.2. The standard InChI is InChI=1S/C16H16N5O.C8H13N2O.Y/c17-12-3-1-11(2-4-12)14-9-13-15(20-14)18-10-19-16(13)21-5-7-22-8-6-21;1-2-3-8(11)10-6-4-9-5-7-10;/h1-4,9-10,17H,5-8H2,(H,18,19,20);2-3H,4-7H2,1H3;/q2*-1;/b;3-2+;. The quantitative estimate of drug-likeness (QED) is 0.510. The Morgan fingerprint density at radius 2 is 1.82 bits per heavy atom. The van der Waals surface area contributed by atoms with Gasteiger partial charge in [-0.2, -0.15) is 0 Å². The summed E-state index contributed by atoms with van der Waals surface area (Å²) in [7, 11) is 0. The molecule has 2 aromatic heterocycles. The fraction of sp³-hybridized carbons (Fsp3) is 0.375. The van der Waals surface area contributed by atoms with Crippen LogP contribution in [0.1, 0.15) is 6.92 Å². The second-order valence-corrected chi connectivity index (χ2v) is 7.82. The molecule has 1 radical (unpaired) electrons. The predicted octanol–water partition coefficient (Wildman–Crippen LogP) is 3.92. The SMILES string of the molecule is C/C=C/C(=O)N1CC[N-]CC1.[NH-]c1ccc(-c2cc3c(N4CCOCC4)ncnc3[nH]2)cc1.[Y]. The molecular formula is C24H29N7O2Y-2. The maximum atomic E-state index is 11.2. The van der Waals surface area contributed by atoms with Crippen molar-refractivity contribution in [3.8, 4) is 11.3 Å². The molecule has 0 atom stereocenters. The Balaban J connectivity index is 0.000000231. The molecule has 0 aliphatic carbocycles. The van der Waals surface area contributed by atoms with Gasteiger partial charge in [0.1, 0.15) is 17.8 Å². The third-order valence-corrected chi connectivity index (χ3v) is 5.59. The summed E-state index contributed by atoms with van der Waals surface area (Å²) in [5.41, 5.74) is 11.0. The van der Waals surface area contributed by atoms with E-state index in [0.717, 1.165) is 80.6 Å². The van der Waals surface area contributed by atoms with Gasteiger partial charge in [-0.05, 0) is 24.6 Å². The van der Waals surface area contributed by atoms with Gasteiger partial charge in [-0.3, -0.25) is 4.79 Å². The van der Waals surface area contributed by atoms with Crippen LogP contribution in [-0.2, 0) is 42.2 Å². The minimum atomic E-state index is 0. The van der Waals surface area contributed by atoms with Gasteiger partial charge in [-0.15, -0.1) is 18.8 Å². The summed E-state index contributed by atoms with van der Waals surface area (Å²) in [6.07, 6.45) is 4.97. The number of ether oxygens (including phenoxy) is 1. The van der Waals surface area contributed by atoms with E-state index in [1.807, 2.05) is 24.0 Å². The summed E-state index contributed by atoms with van der Waals surface area (Å²) in [6, 6.07) is 9.54. The van der Waals surface area contributed by atoms with E-state index in [-0.39, 0.29) is 38.6 Å². The molecule has 0 saturated carbocycles. The molecule has 1 amide bonds. The van der Waals surface area contributed by atoms with Crippen molar-refractivity contribution in [2.45, 2.75) is 6.92 Å². The van der Waals surface area contributed by atoms with Crippen molar-refractivity contribution < 1.29 is 42.2 Å². The summed E-state index contributed by atoms with van der Waals surface area (Å²) in [5, 5.41) is 5.17. The molecule has 2 saturated heterocycles. The molecule has 0 unspecified atom stereocenters. The molecule has 2 fully saturated rings. The third kappa shape index (κ3) is 6.63. The van der Waals surface area contributed by atoms with Crippen LogP contribution in [0.5, 0.6) is 0 Å². The molecule has 9 nitrogen and oxygen atoms in total. The average molecular weight is 536 g/mol. The van der Waals surface area contributed by atoms with Gasteiger partial charge < -0.3 is 30.6 Å². The van der Waals surface area contributed by atoms with Gasteiger partial charge in [-0.1, -0.05) is 30.3 Å². The normalized spacial score (nSPS) is 16.1. The van der Waals surface area contributed by atoms with Gasteiger partial charge in [0.25, 0.3) is 0 Å². The maximum Gasteiger partial charge on any atom is 0.246 e. The molecule has 34 heavy (non-hydrogen) atoms. The number of H-pyrrole nitrogens is 1. The molecule has 5 rings (SSSR count). The number of benzene rings is 1. The van der Waals surface area contributed by atoms with Crippen molar-refractivity contribution in [1.29, 1.82) is 0 Å². The number of rotatable bonds is 3. The Kier molecular flexibility index (Phi) is 10.0. The monoisotopic (exact) mass is 536 g/mol. The summed E-state index contributed by atoms with van der Waals surface area (Å²) >= 11 is 0. The number of hydrogen-bond donors (Lipinski definition) is 1. The maximum absolute atomic E-state index is 11.2. The molecule has 1 aromatic carbocycles. The molecule has 2 N–H and O–H groups in total. The molecule has 0 spiro atoms. The first-order valence-corrected chi connectivity index (χ1v) is 11.2. The number of anilines is 1. The van der Waals surface area contributed by atoms with Crippen LogP contribution in [0.4, 0.5) is 11.5 Å². The van der Waals surface area contributed by atoms with Crippen molar-refractivity contribution in [1.82, 2.24) is 19.9 Å². The van der Waals surface area contributed by atoms with E-state index in [1.165, 1.54) is 0 Å². The molecule has 2 aliphatic rings. The first kappa shape index (κ1) is 26.3. The summed E-state index contributed by atoms with van der Waals surface area (Å²) in [6.45, 7) is 8.16. The molecule has 10 heteroatoms. The number of carbonyl (C=O) groups excluding carboxylic acids is 1. The van der Waals surface area contributed by atoms with Crippen LogP contribution in [0.15, 0.2) is 48.8 Å². The van der Waals surface area contributed by atoms with Crippen LogP contribution in [0.25, 0.3) is 33.3 Å². The fourth-order valence-electron chi connectivity index (χ4n) is 3.83. The van der Waals surface area contributed by atoms with Crippen molar-refractivity contribution in [2.75, 3.05) is 57.4 Å². The topological polar surface area (TPSA) is 112 Å². The van der Waals surface area contributed by atoms with Crippen molar-refractivity contribution in [2.24, 2.45) is 0 Å². The van der Waals surface area contributed by atoms with E-state index in [1.54, 1.807) is 30.6 Å². The zero-order chi connectivity index (χ0) is 23.0. The number of aromatic nitrogens is 3. The van der Waals surface area contributed by atoms with Gasteiger partial charge in [0.15, 0.2) is 0 Å². The van der Waals surface area contributed by atoms with E-state index in [4.69, 9.17) is 10.5 Å². The number of aromatic amines is 1. The number of allylic oxidation sites excluding steroid dienone is 1. The second kappa shape index (κ2) is 12.9. The van der Waals surface area contributed by atoms with Crippen LogP contribution >= 0.6 is 0 Å². The van der Waals surface area contributed by atoms with E-state index < -0.39 is 0 Å². The minimum Gasteiger partial charge on any atom is -0.699 e. The minimum absolute atomic E-state index is 0. The largest absolute Gasteiger partial charge is 0.699 e. The summed E-state index contributed by atoms with van der Waals surface area (Å²) in [4.78, 5) is 27.4. The van der Waals surface area contributed by atoms with Crippen LogP contribution in [0.2, 0.25) is 0 Å². The van der Waals surface area contributed by atoms with Crippen LogP contribution in [0, 0.1) is 0 Å². The molecular weight excluding hydrogens is 507 g/mol. The number of fused-ring (bicyclic) bond motifs is 1. The van der Waals surface area contributed by atoms with Gasteiger partial charge in [0.05, 0.1) is 18.6 Å². The molecule has 0 bridgehead atoms. The first-order chi connectivity index (χ1) is 16.2. The number of nitrogens with zero attached hydrogens (tertiary/aromatic N) is 5. The van der Waals surface area contributed by atoms with Gasteiger partial charge in [-0.25, -0.2) is 9.97 Å². The van der Waals surface area contributed by atoms with Crippen molar-refractivity contribution in [3.05, 3.63) is 59.9 Å². The zero-order valence-electron chi connectivity index (χ0n) is 19.4. The Labute approximate surface area is 225 Å². The van der Waals surface area contributed by atoms with E-state index in [2.05, 4.69) is 31.2 Å². The molecule has 4 heterocycles. The molecule has 3 aromatic rings. The number of amides is 1. The molecule has 2 aliphatic heterocycles. The average Bonchev–Trinajstić information content (AvgIpc) is 3.31. The number of carbonyl (C=O) groups is 1. The van der Waals surface area contributed by atoms with Gasteiger partial charge in [0.2, 0.25) is 5.91 Å². The Bertz CT molecular complexity index is 1090. The summed E-state index contributed by atoms with van der Waals surface area (Å²) < 4.78 is 5.41. The molecule has 177 valence electrons. The second-order valence-electron chi connectivity index (χ2n) is 7.82. The van der Waals surface area contributed by atoms with Crippen LogP contribution in [-0.4, -0.2) is 78.2 Å². The number of piperazine rings is 1. The van der Waals surface area contributed by atoms with E-state index >= 15 is 0 Å². The van der Waals surface area contributed by atoms with Crippen molar-refractivity contribution >= 4 is 28.4 Å². The van der Waals surface area contributed by atoms with Crippen LogP contribution in [0.3, 0.4) is 0 Å². The van der Waals surface area contributed by atoms with Gasteiger partial charge >= 0.3 is 0 Å². The number of nitrogens with one attached hydrogen (secondary N) is 2. The zero-order valence-corrected chi connectivity index (χ0v) is 22.2.